The lowest BCUT2D eigenvalue weighted by Gasteiger charge is -2.20. The van der Waals surface area contributed by atoms with Crippen molar-refractivity contribution in [1.82, 2.24) is 4.90 Å². The Bertz CT molecular complexity index is 395. The quantitative estimate of drug-likeness (QED) is 0.742. The molecule has 18 heavy (non-hydrogen) atoms. The minimum absolute atomic E-state index is 0.0750. The van der Waals surface area contributed by atoms with Crippen molar-refractivity contribution in [2.45, 2.75) is 18.7 Å². The summed E-state index contributed by atoms with van der Waals surface area (Å²) in [6.45, 7) is 2.96. The third kappa shape index (κ3) is 4.67. The van der Waals surface area contributed by atoms with Crippen LogP contribution in [0.3, 0.4) is 0 Å². The van der Waals surface area contributed by atoms with Gasteiger partial charge in [-0.05, 0) is 18.1 Å². The smallest absolute Gasteiger partial charge is 0.226 e. The number of hydrogen-bond acceptors (Lipinski definition) is 2. The lowest BCUT2D eigenvalue weighted by molar-refractivity contribution is -0.129. The van der Waals surface area contributed by atoms with E-state index in [2.05, 4.69) is 0 Å². The molecule has 100 valence electrons. The van der Waals surface area contributed by atoms with Gasteiger partial charge in [0, 0.05) is 20.7 Å². The molecule has 0 aliphatic carbocycles. The zero-order valence-corrected chi connectivity index (χ0v) is 11.9. The van der Waals surface area contributed by atoms with Crippen molar-refractivity contribution in [2.24, 2.45) is 0 Å². The van der Waals surface area contributed by atoms with Crippen LogP contribution >= 0.6 is 11.6 Å². The number of amides is 1. The molecule has 0 saturated heterocycles. The summed E-state index contributed by atoms with van der Waals surface area (Å²) in [4.78, 5) is 13.7. The van der Waals surface area contributed by atoms with Crippen LogP contribution in [0.25, 0.3) is 0 Å². The van der Waals surface area contributed by atoms with E-state index in [1.165, 1.54) is 0 Å². The van der Waals surface area contributed by atoms with Gasteiger partial charge in [-0.3, -0.25) is 4.79 Å². The van der Waals surface area contributed by atoms with Gasteiger partial charge < -0.3 is 9.64 Å². The van der Waals surface area contributed by atoms with Crippen LogP contribution in [0.5, 0.6) is 0 Å². The lowest BCUT2D eigenvalue weighted by Crippen LogP contribution is -2.35. The third-order valence-electron chi connectivity index (χ3n) is 2.85. The Hall–Kier alpha value is -1.06. The highest BCUT2D eigenvalue weighted by Crippen LogP contribution is 2.09. The highest BCUT2D eigenvalue weighted by Gasteiger charge is 2.14. The van der Waals surface area contributed by atoms with Gasteiger partial charge in [0.2, 0.25) is 5.91 Å². The zero-order chi connectivity index (χ0) is 13.5. The molecule has 1 atom stereocenters. The standard InChI is InChI=1S/C14H20ClNO2/c1-11-6-4-5-7-12(11)8-14(17)16(2)9-13(15)10-18-3/h4-7,13H,8-10H2,1-3H3. The fraction of sp³-hybridized carbons (Fsp3) is 0.500. The molecule has 0 spiro atoms. The molecule has 0 heterocycles. The van der Waals surface area contributed by atoms with Gasteiger partial charge in [-0.2, -0.15) is 0 Å². The summed E-state index contributed by atoms with van der Waals surface area (Å²) in [5.41, 5.74) is 2.20. The first kappa shape index (κ1) is 15.0. The summed E-state index contributed by atoms with van der Waals surface area (Å²) in [6.07, 6.45) is 0.416. The predicted molar refractivity (Wildman–Crippen MR) is 74.0 cm³/mol. The second-order valence-corrected chi connectivity index (χ2v) is 5.05. The van der Waals surface area contributed by atoms with Crippen molar-refractivity contribution in [3.8, 4) is 0 Å². The van der Waals surface area contributed by atoms with Gasteiger partial charge in [-0.1, -0.05) is 24.3 Å². The van der Waals surface area contributed by atoms with Crippen LogP contribution in [0.4, 0.5) is 0 Å². The number of carbonyl (C=O) groups is 1. The molecule has 0 radical (unpaired) electrons. The van der Waals surface area contributed by atoms with Crippen LogP contribution in [0.1, 0.15) is 11.1 Å². The second-order valence-electron chi connectivity index (χ2n) is 4.43. The summed E-state index contributed by atoms with van der Waals surface area (Å²) in [7, 11) is 3.37. The van der Waals surface area contributed by atoms with Gasteiger partial charge >= 0.3 is 0 Å². The molecule has 1 aromatic rings. The molecule has 0 aliphatic heterocycles. The van der Waals surface area contributed by atoms with Crippen LogP contribution in [0, 0.1) is 6.92 Å². The summed E-state index contributed by atoms with van der Waals surface area (Å²) in [6, 6.07) is 7.91. The maximum atomic E-state index is 12.0. The number of carbonyl (C=O) groups excluding carboxylic acids is 1. The molecule has 1 aromatic carbocycles. The molecule has 0 N–H and O–H groups in total. The van der Waals surface area contributed by atoms with E-state index in [1.807, 2.05) is 31.2 Å². The molecular formula is C14H20ClNO2. The normalized spacial score (nSPS) is 12.2. The van der Waals surface area contributed by atoms with E-state index in [-0.39, 0.29) is 11.3 Å². The van der Waals surface area contributed by atoms with Gasteiger partial charge in [0.05, 0.1) is 18.4 Å². The first-order valence-electron chi connectivity index (χ1n) is 5.96. The molecule has 0 bridgehead atoms. The van der Waals surface area contributed by atoms with Crippen molar-refractivity contribution in [1.29, 1.82) is 0 Å². The van der Waals surface area contributed by atoms with E-state index in [9.17, 15) is 4.79 Å². The van der Waals surface area contributed by atoms with Crippen LogP contribution in [0.2, 0.25) is 0 Å². The third-order valence-corrected chi connectivity index (χ3v) is 3.11. The molecule has 1 unspecified atom stereocenters. The summed E-state index contributed by atoms with van der Waals surface area (Å²) >= 11 is 6.04. The maximum Gasteiger partial charge on any atom is 0.226 e. The first-order chi connectivity index (χ1) is 8.54. The summed E-state index contributed by atoms with van der Waals surface area (Å²) in [5.74, 6) is 0.0750. The minimum atomic E-state index is -0.166. The average molecular weight is 270 g/mol. The van der Waals surface area contributed by atoms with Gasteiger partial charge in [-0.25, -0.2) is 0 Å². The molecule has 0 saturated carbocycles. The molecule has 3 nitrogen and oxygen atoms in total. The number of rotatable bonds is 6. The molecule has 1 rings (SSSR count). The predicted octanol–water partition coefficient (Wildman–Crippen LogP) is 2.25. The molecule has 0 aliphatic rings. The van der Waals surface area contributed by atoms with Crippen molar-refractivity contribution in [2.75, 3.05) is 27.3 Å². The molecular weight excluding hydrogens is 250 g/mol. The Morgan fingerprint density at radius 2 is 2.11 bits per heavy atom. The number of nitrogens with zero attached hydrogens (tertiary/aromatic N) is 1. The Morgan fingerprint density at radius 3 is 2.72 bits per heavy atom. The highest BCUT2D eigenvalue weighted by atomic mass is 35.5. The molecule has 4 heteroatoms. The summed E-state index contributed by atoms with van der Waals surface area (Å²) in [5, 5.41) is -0.166. The first-order valence-corrected chi connectivity index (χ1v) is 6.39. The van der Waals surface area contributed by atoms with E-state index < -0.39 is 0 Å². The number of ether oxygens (including phenoxy) is 1. The Kier molecular flexibility index (Phi) is 6.16. The van der Waals surface area contributed by atoms with Crippen LogP contribution in [0.15, 0.2) is 24.3 Å². The van der Waals surface area contributed by atoms with E-state index in [4.69, 9.17) is 16.3 Å². The highest BCUT2D eigenvalue weighted by molar-refractivity contribution is 6.21. The number of benzene rings is 1. The van der Waals surface area contributed by atoms with Crippen molar-refractivity contribution >= 4 is 17.5 Å². The van der Waals surface area contributed by atoms with Crippen molar-refractivity contribution in [3.05, 3.63) is 35.4 Å². The van der Waals surface area contributed by atoms with Gasteiger partial charge in [0.1, 0.15) is 0 Å². The van der Waals surface area contributed by atoms with E-state index in [0.717, 1.165) is 11.1 Å². The largest absolute Gasteiger partial charge is 0.383 e. The van der Waals surface area contributed by atoms with Gasteiger partial charge in [0.25, 0.3) is 0 Å². The molecule has 0 aromatic heterocycles. The fourth-order valence-electron chi connectivity index (χ4n) is 1.74. The summed E-state index contributed by atoms with van der Waals surface area (Å²) < 4.78 is 4.95. The van der Waals surface area contributed by atoms with Crippen LogP contribution < -0.4 is 0 Å². The molecule has 1 amide bonds. The van der Waals surface area contributed by atoms with Crippen LogP contribution in [-0.4, -0.2) is 43.5 Å². The second kappa shape index (κ2) is 7.39. The topological polar surface area (TPSA) is 29.5 Å². The van der Waals surface area contributed by atoms with E-state index in [0.29, 0.717) is 19.6 Å². The SMILES string of the molecule is COCC(Cl)CN(C)C(=O)Cc1ccccc1C. The number of alkyl halides is 1. The molecule has 0 fully saturated rings. The number of aryl methyl sites for hydroxylation is 1. The maximum absolute atomic E-state index is 12.0. The number of halogens is 1. The Labute approximate surface area is 114 Å². The average Bonchev–Trinajstić information content (AvgIpc) is 2.32. The monoisotopic (exact) mass is 269 g/mol. The fourth-order valence-corrected chi connectivity index (χ4v) is 2.07. The Balaban J connectivity index is 2.52. The van der Waals surface area contributed by atoms with Crippen molar-refractivity contribution < 1.29 is 9.53 Å². The van der Waals surface area contributed by atoms with Gasteiger partial charge in [0.15, 0.2) is 0 Å². The zero-order valence-electron chi connectivity index (χ0n) is 11.1. The van der Waals surface area contributed by atoms with Crippen molar-refractivity contribution in [3.63, 3.8) is 0 Å². The van der Waals surface area contributed by atoms with E-state index >= 15 is 0 Å². The Morgan fingerprint density at radius 1 is 1.44 bits per heavy atom. The lowest BCUT2D eigenvalue weighted by atomic mass is 10.1. The number of hydrogen-bond donors (Lipinski definition) is 0. The minimum Gasteiger partial charge on any atom is -0.383 e. The number of methoxy groups -OCH3 is 1. The van der Waals surface area contributed by atoms with Crippen LogP contribution in [-0.2, 0) is 16.0 Å². The number of likely N-dealkylation sites (N-methyl/N-ethyl adjacent to an activating group) is 1. The van der Waals surface area contributed by atoms with Gasteiger partial charge in [-0.15, -0.1) is 11.6 Å². The van der Waals surface area contributed by atoms with E-state index in [1.54, 1.807) is 19.1 Å².